The van der Waals surface area contributed by atoms with Gasteiger partial charge in [-0.3, -0.25) is 9.59 Å². The van der Waals surface area contributed by atoms with Crippen molar-refractivity contribution < 1.29 is 9.59 Å². The van der Waals surface area contributed by atoms with Gasteiger partial charge in [0.25, 0.3) is 0 Å². The van der Waals surface area contributed by atoms with E-state index in [2.05, 4.69) is 15.6 Å². The first-order chi connectivity index (χ1) is 7.65. The van der Waals surface area contributed by atoms with Crippen LogP contribution in [0.15, 0.2) is 5.38 Å². The average molecular weight is 240 g/mol. The van der Waals surface area contributed by atoms with Crippen molar-refractivity contribution in [3.63, 3.8) is 0 Å². The number of aromatic nitrogens is 1. The maximum absolute atomic E-state index is 11.6. The van der Waals surface area contributed by atoms with E-state index in [0.717, 1.165) is 5.69 Å². The van der Waals surface area contributed by atoms with Gasteiger partial charge in [-0.05, 0) is 6.42 Å². The van der Waals surface area contributed by atoms with Gasteiger partial charge in [0.2, 0.25) is 11.8 Å². The molecule has 1 atom stereocenters. The van der Waals surface area contributed by atoms with Crippen molar-refractivity contribution in [2.24, 2.45) is 0 Å². The molecule has 1 aliphatic rings. The van der Waals surface area contributed by atoms with Gasteiger partial charge < -0.3 is 16.4 Å². The van der Waals surface area contributed by atoms with Gasteiger partial charge in [0, 0.05) is 11.8 Å². The first kappa shape index (κ1) is 10.9. The number of carbonyl (C=O) groups excluding carboxylic acids is 2. The van der Waals surface area contributed by atoms with Crippen LogP contribution in [0.5, 0.6) is 0 Å². The van der Waals surface area contributed by atoms with Crippen LogP contribution in [-0.4, -0.2) is 22.8 Å². The minimum atomic E-state index is -0.400. The number of hydrogen-bond acceptors (Lipinski definition) is 5. The molecule has 0 spiro atoms. The maximum atomic E-state index is 11.6. The van der Waals surface area contributed by atoms with E-state index in [4.69, 9.17) is 5.73 Å². The molecule has 86 valence electrons. The fourth-order valence-electron chi connectivity index (χ4n) is 1.52. The number of nitrogens with zero attached hydrogens (tertiary/aromatic N) is 1. The van der Waals surface area contributed by atoms with Gasteiger partial charge in [-0.25, -0.2) is 4.98 Å². The monoisotopic (exact) mass is 240 g/mol. The number of nitrogen functional groups attached to an aromatic ring is 1. The van der Waals surface area contributed by atoms with Gasteiger partial charge in [-0.2, -0.15) is 0 Å². The minimum Gasteiger partial charge on any atom is -0.375 e. The predicted octanol–water partition coefficient (Wildman–Crippen LogP) is -0.380. The summed E-state index contributed by atoms with van der Waals surface area (Å²) in [5, 5.41) is 7.59. The van der Waals surface area contributed by atoms with E-state index in [0.29, 0.717) is 24.5 Å². The Morgan fingerprint density at radius 3 is 3.12 bits per heavy atom. The van der Waals surface area contributed by atoms with Crippen LogP contribution in [0, 0.1) is 0 Å². The van der Waals surface area contributed by atoms with E-state index in [1.165, 1.54) is 11.3 Å². The third kappa shape index (κ3) is 2.48. The van der Waals surface area contributed by atoms with E-state index < -0.39 is 6.04 Å². The molecular weight excluding hydrogens is 228 g/mol. The lowest BCUT2D eigenvalue weighted by atomic mass is 10.2. The largest absolute Gasteiger partial charge is 0.375 e. The second kappa shape index (κ2) is 4.48. The van der Waals surface area contributed by atoms with Crippen LogP contribution in [0.3, 0.4) is 0 Å². The van der Waals surface area contributed by atoms with E-state index in [-0.39, 0.29) is 11.8 Å². The Balaban J connectivity index is 1.82. The summed E-state index contributed by atoms with van der Waals surface area (Å²) in [5.74, 6) is -0.240. The smallest absolute Gasteiger partial charge is 0.242 e. The number of rotatable bonds is 3. The molecule has 7 heteroatoms. The number of hydrogen-bond donors (Lipinski definition) is 3. The second-order valence-electron chi connectivity index (χ2n) is 3.55. The number of nitrogens with two attached hydrogens (primary N) is 1. The van der Waals surface area contributed by atoms with Crippen molar-refractivity contribution in [1.29, 1.82) is 0 Å². The number of anilines is 1. The van der Waals surface area contributed by atoms with Crippen molar-refractivity contribution in [2.75, 3.05) is 5.73 Å². The molecule has 1 fully saturated rings. The molecule has 0 aromatic carbocycles. The van der Waals surface area contributed by atoms with Crippen LogP contribution in [0.4, 0.5) is 5.13 Å². The highest BCUT2D eigenvalue weighted by atomic mass is 32.1. The van der Waals surface area contributed by atoms with Crippen LogP contribution in [0.25, 0.3) is 0 Å². The molecular formula is C9H12N4O2S. The highest BCUT2D eigenvalue weighted by Crippen LogP contribution is 2.11. The third-order valence-electron chi connectivity index (χ3n) is 2.33. The molecule has 0 bridgehead atoms. The molecule has 4 N–H and O–H groups in total. The molecule has 0 saturated carbocycles. The van der Waals surface area contributed by atoms with Crippen LogP contribution in [0.2, 0.25) is 0 Å². The van der Waals surface area contributed by atoms with Gasteiger partial charge in [0.1, 0.15) is 6.04 Å². The molecule has 2 heterocycles. The molecule has 1 unspecified atom stereocenters. The average Bonchev–Trinajstić information content (AvgIpc) is 2.84. The van der Waals surface area contributed by atoms with E-state index >= 15 is 0 Å². The Labute approximate surface area is 96.2 Å². The molecule has 1 saturated heterocycles. The van der Waals surface area contributed by atoms with Gasteiger partial charge >= 0.3 is 0 Å². The Morgan fingerprint density at radius 1 is 1.75 bits per heavy atom. The summed E-state index contributed by atoms with van der Waals surface area (Å²) < 4.78 is 0. The topological polar surface area (TPSA) is 97.1 Å². The zero-order valence-corrected chi connectivity index (χ0v) is 9.34. The normalized spacial score (nSPS) is 19.5. The summed E-state index contributed by atoms with van der Waals surface area (Å²) in [4.78, 5) is 26.5. The summed E-state index contributed by atoms with van der Waals surface area (Å²) in [6.45, 7) is 0.346. The van der Waals surface area contributed by atoms with Crippen molar-refractivity contribution in [2.45, 2.75) is 25.4 Å². The molecule has 1 aromatic heterocycles. The highest BCUT2D eigenvalue weighted by Gasteiger charge is 2.26. The van der Waals surface area contributed by atoms with Crippen molar-refractivity contribution in [3.05, 3.63) is 11.1 Å². The first-order valence-corrected chi connectivity index (χ1v) is 5.80. The number of thiazole rings is 1. The molecule has 1 aromatic rings. The van der Waals surface area contributed by atoms with Crippen molar-refractivity contribution >= 4 is 28.3 Å². The molecule has 1 aliphatic heterocycles. The van der Waals surface area contributed by atoms with Crippen molar-refractivity contribution in [1.82, 2.24) is 15.6 Å². The molecule has 6 nitrogen and oxygen atoms in total. The number of nitrogens with one attached hydrogen (secondary N) is 2. The lowest BCUT2D eigenvalue weighted by molar-refractivity contribution is -0.125. The van der Waals surface area contributed by atoms with Crippen molar-refractivity contribution in [3.8, 4) is 0 Å². The van der Waals surface area contributed by atoms with E-state index in [1.807, 2.05) is 0 Å². The van der Waals surface area contributed by atoms with Crippen LogP contribution >= 0.6 is 11.3 Å². The first-order valence-electron chi connectivity index (χ1n) is 4.92. The van der Waals surface area contributed by atoms with Crippen LogP contribution in [0.1, 0.15) is 18.5 Å². The third-order valence-corrected chi connectivity index (χ3v) is 3.05. The fourth-order valence-corrected chi connectivity index (χ4v) is 2.08. The molecule has 0 aliphatic carbocycles. The quantitative estimate of drug-likeness (QED) is 0.671. The second-order valence-corrected chi connectivity index (χ2v) is 4.44. The molecule has 2 rings (SSSR count). The van der Waals surface area contributed by atoms with Gasteiger partial charge in [0.05, 0.1) is 12.2 Å². The SMILES string of the molecule is Nc1nc(CNC(=O)C2CCC(=O)N2)cs1. The lowest BCUT2D eigenvalue weighted by Crippen LogP contribution is -2.41. The Bertz CT molecular complexity index is 417. The summed E-state index contributed by atoms with van der Waals surface area (Å²) in [6.07, 6.45) is 0.978. The minimum absolute atomic E-state index is 0.0712. The molecule has 2 amide bonds. The maximum Gasteiger partial charge on any atom is 0.242 e. The van der Waals surface area contributed by atoms with E-state index in [9.17, 15) is 9.59 Å². The highest BCUT2D eigenvalue weighted by molar-refractivity contribution is 7.13. The van der Waals surface area contributed by atoms with E-state index in [1.54, 1.807) is 5.38 Å². The molecule has 16 heavy (non-hydrogen) atoms. The standard InChI is InChI=1S/C9H12N4O2S/c10-9-12-5(4-16-9)3-11-8(15)6-1-2-7(14)13-6/h4,6H,1-3H2,(H2,10,12)(H,11,15)(H,13,14). The number of carbonyl (C=O) groups is 2. The Hall–Kier alpha value is -1.63. The Kier molecular flexibility index (Phi) is 3.04. The Morgan fingerprint density at radius 2 is 2.56 bits per heavy atom. The summed E-state index contributed by atoms with van der Waals surface area (Å²) in [5.41, 5.74) is 6.20. The molecule has 0 radical (unpaired) electrons. The van der Waals surface area contributed by atoms with Gasteiger partial charge in [0.15, 0.2) is 5.13 Å². The van der Waals surface area contributed by atoms with Gasteiger partial charge in [-0.1, -0.05) is 0 Å². The van der Waals surface area contributed by atoms with Gasteiger partial charge in [-0.15, -0.1) is 11.3 Å². The fraction of sp³-hybridized carbons (Fsp3) is 0.444. The number of amides is 2. The summed E-state index contributed by atoms with van der Waals surface area (Å²) >= 11 is 1.33. The van der Waals surface area contributed by atoms with Crippen LogP contribution < -0.4 is 16.4 Å². The summed E-state index contributed by atoms with van der Waals surface area (Å²) in [6, 6.07) is -0.400. The zero-order chi connectivity index (χ0) is 11.5. The summed E-state index contributed by atoms with van der Waals surface area (Å²) in [7, 11) is 0. The van der Waals surface area contributed by atoms with Crippen LogP contribution in [-0.2, 0) is 16.1 Å². The predicted molar refractivity (Wildman–Crippen MR) is 59.5 cm³/mol. The lowest BCUT2D eigenvalue weighted by Gasteiger charge is -2.09. The zero-order valence-electron chi connectivity index (χ0n) is 8.53.